The topological polar surface area (TPSA) is 70.1 Å². The first-order valence-corrected chi connectivity index (χ1v) is 8.73. The molecule has 0 spiro atoms. The fourth-order valence-corrected chi connectivity index (χ4v) is 4.39. The van der Waals surface area contributed by atoms with Gasteiger partial charge in [-0.25, -0.2) is 4.39 Å². The van der Waals surface area contributed by atoms with E-state index in [0.717, 1.165) is 6.42 Å². The normalized spacial score (nSPS) is 31.4. The zero-order valence-corrected chi connectivity index (χ0v) is 13.8. The second-order valence-electron chi connectivity index (χ2n) is 6.94. The number of hydrogen-bond donors (Lipinski definition) is 1. The van der Waals surface area contributed by atoms with Crippen LogP contribution in [0.15, 0.2) is 24.3 Å². The Balaban J connectivity index is 1.43. The first-order chi connectivity index (χ1) is 12.1. The molecule has 25 heavy (non-hydrogen) atoms. The third-order valence-electron chi connectivity index (χ3n) is 5.63. The highest BCUT2D eigenvalue weighted by atomic mass is 19.1. The lowest BCUT2D eigenvalue weighted by Crippen LogP contribution is -2.53. The molecule has 0 aliphatic carbocycles. The van der Waals surface area contributed by atoms with Crippen molar-refractivity contribution in [2.45, 2.75) is 25.0 Å². The number of ether oxygens (including phenoxy) is 1. The largest absolute Gasteiger partial charge is 0.481 e. The number of nitrogens with zero attached hydrogens (tertiary/aromatic N) is 2. The van der Waals surface area contributed by atoms with Crippen molar-refractivity contribution in [1.82, 2.24) is 4.90 Å². The van der Waals surface area contributed by atoms with Crippen LogP contribution in [-0.4, -0.2) is 60.3 Å². The zero-order chi connectivity index (χ0) is 17.6. The lowest BCUT2D eigenvalue weighted by molar-refractivity contribution is -0.151. The number of para-hydroxylation sites is 1. The van der Waals surface area contributed by atoms with Crippen LogP contribution in [0, 0.1) is 17.7 Å². The van der Waals surface area contributed by atoms with Crippen LogP contribution >= 0.6 is 0 Å². The number of anilines is 1. The number of amides is 1. The molecule has 3 saturated heterocycles. The summed E-state index contributed by atoms with van der Waals surface area (Å²) in [6.07, 6.45) is 0.853. The fourth-order valence-electron chi connectivity index (χ4n) is 4.39. The minimum atomic E-state index is -0.949. The molecule has 3 aliphatic rings. The summed E-state index contributed by atoms with van der Waals surface area (Å²) in [7, 11) is 0. The molecule has 6 nitrogen and oxygen atoms in total. The minimum absolute atomic E-state index is 0.132. The summed E-state index contributed by atoms with van der Waals surface area (Å²) in [5, 5.41) is 9.47. The second-order valence-corrected chi connectivity index (χ2v) is 6.94. The van der Waals surface area contributed by atoms with Gasteiger partial charge in [0.1, 0.15) is 5.82 Å². The number of carbonyl (C=O) groups excluding carboxylic acids is 1. The molecule has 0 saturated carbocycles. The van der Waals surface area contributed by atoms with E-state index >= 15 is 0 Å². The number of hydrogen-bond acceptors (Lipinski definition) is 4. The molecule has 1 aromatic rings. The van der Waals surface area contributed by atoms with E-state index in [1.807, 2.05) is 4.90 Å². The van der Waals surface area contributed by atoms with Gasteiger partial charge in [0.05, 0.1) is 29.7 Å². The van der Waals surface area contributed by atoms with Gasteiger partial charge in [-0.15, -0.1) is 0 Å². The van der Waals surface area contributed by atoms with Crippen molar-refractivity contribution >= 4 is 17.6 Å². The number of rotatable bonds is 3. The molecular weight excluding hydrogens is 327 g/mol. The molecule has 3 aliphatic heterocycles. The number of piperazine rings is 1. The fraction of sp³-hybridized carbons (Fsp3) is 0.556. The van der Waals surface area contributed by atoms with Gasteiger partial charge >= 0.3 is 5.97 Å². The molecule has 4 rings (SSSR count). The molecule has 3 fully saturated rings. The third-order valence-corrected chi connectivity index (χ3v) is 5.63. The summed E-state index contributed by atoms with van der Waals surface area (Å²) < 4.78 is 19.6. The maximum Gasteiger partial charge on any atom is 0.310 e. The van der Waals surface area contributed by atoms with Crippen LogP contribution in [0.25, 0.3) is 0 Å². The van der Waals surface area contributed by atoms with E-state index in [-0.39, 0.29) is 23.9 Å². The second kappa shape index (κ2) is 6.29. The summed E-state index contributed by atoms with van der Waals surface area (Å²) in [6.45, 7) is 2.00. The van der Waals surface area contributed by atoms with Gasteiger partial charge in [-0.05, 0) is 25.0 Å². The van der Waals surface area contributed by atoms with Gasteiger partial charge in [0, 0.05) is 26.2 Å². The van der Waals surface area contributed by atoms with Gasteiger partial charge in [-0.2, -0.15) is 0 Å². The average molecular weight is 348 g/mol. The monoisotopic (exact) mass is 348 g/mol. The maximum absolute atomic E-state index is 13.9. The van der Waals surface area contributed by atoms with Crippen LogP contribution < -0.4 is 4.90 Å². The van der Waals surface area contributed by atoms with Crippen LogP contribution in [0.5, 0.6) is 0 Å². The smallest absolute Gasteiger partial charge is 0.310 e. The molecule has 1 amide bonds. The average Bonchev–Trinajstić information content (AvgIpc) is 3.23. The quantitative estimate of drug-likeness (QED) is 0.893. The van der Waals surface area contributed by atoms with Crippen molar-refractivity contribution in [2.75, 3.05) is 31.1 Å². The van der Waals surface area contributed by atoms with E-state index in [1.165, 1.54) is 6.07 Å². The predicted octanol–water partition coefficient (Wildman–Crippen LogP) is 1.35. The summed E-state index contributed by atoms with van der Waals surface area (Å²) in [5.41, 5.74) is 0.543. The van der Waals surface area contributed by atoms with E-state index in [2.05, 4.69) is 0 Å². The van der Waals surface area contributed by atoms with E-state index in [0.29, 0.717) is 38.3 Å². The Morgan fingerprint density at radius 1 is 1.04 bits per heavy atom. The van der Waals surface area contributed by atoms with Crippen LogP contribution in [-0.2, 0) is 14.3 Å². The molecule has 2 bridgehead atoms. The molecule has 7 heteroatoms. The lowest BCUT2D eigenvalue weighted by atomic mass is 9.78. The molecule has 1 aromatic carbocycles. The number of halogens is 1. The number of carboxylic acids is 1. The Morgan fingerprint density at radius 3 is 2.32 bits per heavy atom. The number of fused-ring (bicyclic) bond motifs is 2. The number of carboxylic acid groups (broad SMARTS) is 1. The van der Waals surface area contributed by atoms with Crippen molar-refractivity contribution in [2.24, 2.45) is 11.8 Å². The van der Waals surface area contributed by atoms with Crippen LogP contribution in [0.1, 0.15) is 12.8 Å². The lowest BCUT2D eigenvalue weighted by Gasteiger charge is -2.38. The molecule has 1 N–H and O–H groups in total. The van der Waals surface area contributed by atoms with Gasteiger partial charge in [-0.1, -0.05) is 12.1 Å². The molecule has 3 heterocycles. The first-order valence-electron chi connectivity index (χ1n) is 8.73. The van der Waals surface area contributed by atoms with Crippen LogP contribution in [0.2, 0.25) is 0 Å². The highest BCUT2D eigenvalue weighted by Crippen LogP contribution is 2.44. The molecule has 4 atom stereocenters. The molecule has 0 radical (unpaired) electrons. The van der Waals surface area contributed by atoms with E-state index in [4.69, 9.17) is 4.74 Å². The van der Waals surface area contributed by atoms with E-state index in [9.17, 15) is 19.1 Å². The van der Waals surface area contributed by atoms with Crippen LogP contribution in [0.3, 0.4) is 0 Å². The number of aliphatic carboxylic acids is 1. The Kier molecular flexibility index (Phi) is 4.11. The van der Waals surface area contributed by atoms with E-state index in [1.54, 1.807) is 23.1 Å². The van der Waals surface area contributed by atoms with Crippen molar-refractivity contribution in [3.63, 3.8) is 0 Å². The summed E-state index contributed by atoms with van der Waals surface area (Å²) in [6, 6.07) is 6.60. The maximum atomic E-state index is 13.9. The van der Waals surface area contributed by atoms with Crippen molar-refractivity contribution in [3.05, 3.63) is 30.1 Å². The van der Waals surface area contributed by atoms with Gasteiger partial charge in [-0.3, -0.25) is 9.59 Å². The highest BCUT2D eigenvalue weighted by Gasteiger charge is 2.56. The van der Waals surface area contributed by atoms with Crippen molar-refractivity contribution in [3.8, 4) is 0 Å². The Bertz CT molecular complexity index is 689. The molecule has 0 unspecified atom stereocenters. The van der Waals surface area contributed by atoms with Crippen molar-refractivity contribution in [1.29, 1.82) is 0 Å². The number of benzene rings is 1. The SMILES string of the molecule is O=C(O)[C@@H]1[C@@H](C(=O)N2CCN(c3ccccc3F)CC2)[C@H]2CC[C@@H]1O2. The highest BCUT2D eigenvalue weighted by molar-refractivity contribution is 5.86. The first kappa shape index (κ1) is 16.3. The third kappa shape index (κ3) is 2.76. The van der Waals surface area contributed by atoms with Gasteiger partial charge in [0.15, 0.2) is 0 Å². The minimum Gasteiger partial charge on any atom is -0.481 e. The standard InChI is InChI=1S/C18H21FN2O4/c19-11-3-1-2-4-12(11)20-7-9-21(10-8-20)17(22)15-13-5-6-14(25-13)16(15)18(23)24/h1-4,13-16H,5-10H2,(H,23,24)/t13-,14+,15+,16+/m1/s1. The summed E-state index contributed by atoms with van der Waals surface area (Å²) in [4.78, 5) is 28.1. The Labute approximate surface area is 145 Å². The Morgan fingerprint density at radius 2 is 1.68 bits per heavy atom. The molecule has 134 valence electrons. The van der Waals surface area contributed by atoms with Crippen molar-refractivity contribution < 1.29 is 23.8 Å². The number of carbonyl (C=O) groups is 2. The van der Waals surface area contributed by atoms with Gasteiger partial charge in [0.2, 0.25) is 5.91 Å². The van der Waals surface area contributed by atoms with Crippen LogP contribution in [0.4, 0.5) is 10.1 Å². The molecular formula is C18H21FN2O4. The summed E-state index contributed by atoms with van der Waals surface area (Å²) in [5.74, 6) is -2.68. The van der Waals surface area contributed by atoms with Gasteiger partial charge in [0.25, 0.3) is 0 Å². The van der Waals surface area contributed by atoms with E-state index < -0.39 is 17.8 Å². The Hall–Kier alpha value is -2.15. The summed E-state index contributed by atoms with van der Waals surface area (Å²) >= 11 is 0. The zero-order valence-electron chi connectivity index (χ0n) is 13.8. The predicted molar refractivity (Wildman–Crippen MR) is 87.7 cm³/mol. The molecule has 0 aromatic heterocycles. The van der Waals surface area contributed by atoms with Gasteiger partial charge < -0.3 is 19.6 Å².